The maximum atomic E-state index is 5.43. The van der Waals surface area contributed by atoms with E-state index in [-0.39, 0.29) is 0 Å². The molecule has 0 aliphatic rings. The molecule has 0 bridgehead atoms. The van der Waals surface area contributed by atoms with E-state index in [9.17, 15) is 0 Å². The molecule has 182 valence electrons. The van der Waals surface area contributed by atoms with Crippen LogP contribution < -0.4 is 0 Å². The van der Waals surface area contributed by atoms with Crippen molar-refractivity contribution in [1.29, 1.82) is 0 Å². The van der Waals surface area contributed by atoms with Crippen LogP contribution in [0.25, 0.3) is 0 Å². The van der Waals surface area contributed by atoms with Gasteiger partial charge in [0.15, 0.2) is 0 Å². The van der Waals surface area contributed by atoms with Crippen molar-refractivity contribution in [3.05, 3.63) is 0 Å². The zero-order chi connectivity index (χ0) is 22.0. The number of halogens is 1. The van der Waals surface area contributed by atoms with Crippen LogP contribution in [-0.4, -0.2) is 137 Å². The smallest absolute Gasteiger partial charge is 0.0701 e. The number of alkyl halides is 1. The first kappa shape index (κ1) is 30.1. The Bertz CT molecular complexity index is 317. The van der Waals surface area contributed by atoms with Gasteiger partial charge in [-0.1, -0.05) is 15.9 Å². The molecule has 0 spiro atoms. The number of rotatable bonds is 26. The van der Waals surface area contributed by atoms with E-state index in [1.165, 1.54) is 0 Å². The van der Waals surface area contributed by atoms with E-state index >= 15 is 0 Å². The third kappa shape index (κ3) is 28.1. The van der Waals surface area contributed by atoms with E-state index in [1.54, 1.807) is 0 Å². The Morgan fingerprint density at radius 3 is 0.867 bits per heavy atom. The highest BCUT2D eigenvalue weighted by Gasteiger charge is 1.95. The molecule has 0 N–H and O–H groups in total. The SMILES string of the molecule is CN(C)CCOCCOCCOCCOCCOCCOCCOCCOCCBr. The second-order valence-corrected chi connectivity index (χ2v) is 7.18. The first-order valence-electron chi connectivity index (χ1n) is 10.6. The van der Waals surface area contributed by atoms with Crippen LogP contribution in [0, 0.1) is 0 Å². The van der Waals surface area contributed by atoms with Crippen LogP contribution >= 0.6 is 15.9 Å². The number of nitrogens with zero attached hydrogens (tertiary/aromatic N) is 1. The number of hydrogen-bond acceptors (Lipinski definition) is 9. The van der Waals surface area contributed by atoms with Gasteiger partial charge in [-0.3, -0.25) is 0 Å². The monoisotopic (exact) mass is 503 g/mol. The third-order valence-corrected chi connectivity index (χ3v) is 3.83. The standard InChI is InChI=1S/C20H42BrNO8/c1-22(2)4-6-24-8-10-26-12-14-28-16-18-30-20-19-29-17-15-27-13-11-25-9-7-23-5-3-21/h3-20H2,1-2H3. The summed E-state index contributed by atoms with van der Waals surface area (Å²) >= 11 is 3.30. The van der Waals surface area contributed by atoms with E-state index in [2.05, 4.69) is 20.8 Å². The summed E-state index contributed by atoms with van der Waals surface area (Å²) in [7, 11) is 4.04. The molecule has 0 atom stereocenters. The molecule has 0 aromatic heterocycles. The highest BCUT2D eigenvalue weighted by Crippen LogP contribution is 1.86. The van der Waals surface area contributed by atoms with E-state index in [0.717, 1.165) is 18.5 Å². The van der Waals surface area contributed by atoms with Crippen molar-refractivity contribution in [3.63, 3.8) is 0 Å². The molecule has 0 amide bonds. The third-order valence-electron chi connectivity index (χ3n) is 3.51. The number of hydrogen-bond donors (Lipinski definition) is 0. The fourth-order valence-corrected chi connectivity index (χ4v) is 2.17. The van der Waals surface area contributed by atoms with Gasteiger partial charge in [0, 0.05) is 11.9 Å². The fraction of sp³-hybridized carbons (Fsp3) is 1.00. The van der Waals surface area contributed by atoms with Crippen LogP contribution in [0.15, 0.2) is 0 Å². The van der Waals surface area contributed by atoms with Gasteiger partial charge in [0.2, 0.25) is 0 Å². The van der Waals surface area contributed by atoms with Crippen LogP contribution in [-0.2, 0) is 37.9 Å². The highest BCUT2D eigenvalue weighted by molar-refractivity contribution is 9.09. The minimum atomic E-state index is 0.543. The van der Waals surface area contributed by atoms with E-state index in [4.69, 9.17) is 37.9 Å². The van der Waals surface area contributed by atoms with Crippen LogP contribution in [0.5, 0.6) is 0 Å². The van der Waals surface area contributed by atoms with Gasteiger partial charge < -0.3 is 42.8 Å². The summed E-state index contributed by atoms with van der Waals surface area (Å²) in [5.74, 6) is 0. The molecule has 10 heteroatoms. The molecule has 0 radical (unpaired) electrons. The van der Waals surface area contributed by atoms with Crippen LogP contribution in [0.4, 0.5) is 0 Å². The fourth-order valence-electron chi connectivity index (χ4n) is 1.94. The summed E-state index contributed by atoms with van der Waals surface area (Å²) in [6.07, 6.45) is 0. The van der Waals surface area contributed by atoms with Crippen molar-refractivity contribution in [1.82, 2.24) is 4.90 Å². The van der Waals surface area contributed by atoms with Gasteiger partial charge in [0.05, 0.1) is 106 Å². The topological polar surface area (TPSA) is 77.1 Å². The molecule has 0 saturated heterocycles. The molecule has 0 heterocycles. The van der Waals surface area contributed by atoms with Crippen molar-refractivity contribution >= 4 is 15.9 Å². The molecule has 0 unspecified atom stereocenters. The summed E-state index contributed by atoms with van der Waals surface area (Å²) in [6, 6.07) is 0. The van der Waals surface area contributed by atoms with Crippen molar-refractivity contribution in [2.24, 2.45) is 0 Å². The Labute approximate surface area is 190 Å². The second-order valence-electron chi connectivity index (χ2n) is 6.39. The molecule has 0 aliphatic heterocycles. The molecule has 9 nitrogen and oxygen atoms in total. The van der Waals surface area contributed by atoms with Crippen molar-refractivity contribution < 1.29 is 37.9 Å². The van der Waals surface area contributed by atoms with E-state index in [0.29, 0.717) is 99.1 Å². The Hall–Kier alpha value is 0.120. The van der Waals surface area contributed by atoms with Crippen molar-refractivity contribution in [2.45, 2.75) is 0 Å². The van der Waals surface area contributed by atoms with Gasteiger partial charge in [-0.25, -0.2) is 0 Å². The van der Waals surface area contributed by atoms with Crippen LogP contribution in [0.2, 0.25) is 0 Å². The zero-order valence-electron chi connectivity index (χ0n) is 18.8. The molecular formula is C20H42BrNO8. The summed E-state index contributed by atoms with van der Waals surface area (Å²) in [6.45, 7) is 10.3. The molecule has 0 aliphatic carbocycles. The maximum Gasteiger partial charge on any atom is 0.0701 e. The van der Waals surface area contributed by atoms with Crippen molar-refractivity contribution in [3.8, 4) is 0 Å². The van der Waals surface area contributed by atoms with E-state index in [1.807, 2.05) is 14.1 Å². The molecule has 0 aromatic carbocycles. The molecule has 0 fully saturated rings. The van der Waals surface area contributed by atoms with Crippen molar-refractivity contribution in [2.75, 3.05) is 132 Å². The van der Waals surface area contributed by atoms with Gasteiger partial charge in [0.1, 0.15) is 0 Å². The lowest BCUT2D eigenvalue weighted by molar-refractivity contribution is -0.0230. The van der Waals surface area contributed by atoms with Crippen LogP contribution in [0.3, 0.4) is 0 Å². The normalized spacial score (nSPS) is 11.6. The summed E-state index contributed by atoms with van der Waals surface area (Å²) in [4.78, 5) is 2.08. The van der Waals surface area contributed by atoms with Gasteiger partial charge >= 0.3 is 0 Å². The molecule has 30 heavy (non-hydrogen) atoms. The Morgan fingerprint density at radius 1 is 0.400 bits per heavy atom. The number of ether oxygens (including phenoxy) is 8. The molecule has 0 rings (SSSR count). The van der Waals surface area contributed by atoms with Gasteiger partial charge in [-0.15, -0.1) is 0 Å². The van der Waals surface area contributed by atoms with E-state index < -0.39 is 0 Å². The summed E-state index contributed by atoms with van der Waals surface area (Å²) in [5.41, 5.74) is 0. The minimum absolute atomic E-state index is 0.543. The largest absolute Gasteiger partial charge is 0.378 e. The Balaban J connectivity index is 2.99. The Morgan fingerprint density at radius 2 is 0.633 bits per heavy atom. The lowest BCUT2D eigenvalue weighted by Gasteiger charge is -2.10. The average molecular weight is 504 g/mol. The number of likely N-dealkylation sites (N-methyl/N-ethyl adjacent to an activating group) is 1. The lowest BCUT2D eigenvalue weighted by Crippen LogP contribution is -2.19. The maximum absolute atomic E-state index is 5.43. The van der Waals surface area contributed by atoms with Gasteiger partial charge in [-0.2, -0.15) is 0 Å². The first-order chi connectivity index (χ1) is 14.8. The highest BCUT2D eigenvalue weighted by atomic mass is 79.9. The summed E-state index contributed by atoms with van der Waals surface area (Å²) < 4.78 is 43.2. The quantitative estimate of drug-likeness (QED) is 0.127. The zero-order valence-corrected chi connectivity index (χ0v) is 20.4. The van der Waals surface area contributed by atoms with Crippen LogP contribution in [0.1, 0.15) is 0 Å². The first-order valence-corrected chi connectivity index (χ1v) is 11.7. The Kier molecular flexibility index (Phi) is 27.3. The average Bonchev–Trinajstić information content (AvgIpc) is 2.73. The predicted molar refractivity (Wildman–Crippen MR) is 119 cm³/mol. The predicted octanol–water partition coefficient (Wildman–Crippen LogP) is 1.08. The minimum Gasteiger partial charge on any atom is -0.378 e. The molecule has 0 saturated carbocycles. The molecular weight excluding hydrogens is 462 g/mol. The van der Waals surface area contributed by atoms with Gasteiger partial charge in [-0.05, 0) is 14.1 Å². The lowest BCUT2D eigenvalue weighted by atomic mass is 10.6. The van der Waals surface area contributed by atoms with Gasteiger partial charge in [0.25, 0.3) is 0 Å². The second kappa shape index (κ2) is 27.2. The summed E-state index contributed by atoms with van der Waals surface area (Å²) in [5, 5.41) is 0.846. The molecule has 0 aromatic rings.